The summed E-state index contributed by atoms with van der Waals surface area (Å²) in [7, 11) is 1.78. The summed E-state index contributed by atoms with van der Waals surface area (Å²) in [5.74, 6) is 0. The van der Waals surface area contributed by atoms with Gasteiger partial charge in [0.2, 0.25) is 0 Å². The number of aryl methyl sites for hydroxylation is 2. The second-order valence-corrected chi connectivity index (χ2v) is 8.26. The Morgan fingerprint density at radius 2 is 2.05 bits per heavy atom. The highest BCUT2D eigenvalue weighted by Gasteiger charge is 2.19. The molecule has 4 nitrogen and oxygen atoms in total. The fourth-order valence-corrected chi connectivity index (χ4v) is 3.28. The van der Waals surface area contributed by atoms with Crippen LogP contribution in [0.25, 0.3) is 0 Å². The van der Waals surface area contributed by atoms with Gasteiger partial charge in [-0.1, -0.05) is 0 Å². The van der Waals surface area contributed by atoms with Crippen molar-refractivity contribution < 1.29 is 9.53 Å². The third kappa shape index (κ3) is 6.36. The minimum absolute atomic E-state index is 0.259. The Hall–Kier alpha value is -1.07. The van der Waals surface area contributed by atoms with Gasteiger partial charge >= 0.3 is 6.09 Å². The molecule has 0 aromatic carbocycles. The average molecular weight is 327 g/mol. The smallest absolute Gasteiger partial charge is 0.410 e. The zero-order chi connectivity index (χ0) is 16.9. The van der Waals surface area contributed by atoms with Crippen molar-refractivity contribution >= 4 is 17.4 Å². The van der Waals surface area contributed by atoms with Crippen LogP contribution in [0.2, 0.25) is 0 Å². The Labute approximate surface area is 138 Å². The number of hydrogen-bond acceptors (Lipinski definition) is 4. The zero-order valence-electron chi connectivity index (χ0n) is 14.9. The Kier molecular flexibility index (Phi) is 6.88. The van der Waals surface area contributed by atoms with Crippen molar-refractivity contribution in [3.8, 4) is 0 Å². The largest absolute Gasteiger partial charge is 0.444 e. The van der Waals surface area contributed by atoms with Crippen molar-refractivity contribution in [1.82, 2.24) is 10.2 Å². The number of rotatable bonds is 6. The molecule has 1 aromatic rings. The molecule has 0 aliphatic heterocycles. The van der Waals surface area contributed by atoms with Gasteiger partial charge in [-0.2, -0.15) is 0 Å². The second kappa shape index (κ2) is 7.97. The van der Waals surface area contributed by atoms with E-state index in [2.05, 4.69) is 32.2 Å². The summed E-state index contributed by atoms with van der Waals surface area (Å²) in [4.78, 5) is 16.2. The van der Waals surface area contributed by atoms with E-state index in [4.69, 9.17) is 4.74 Å². The SMILES string of the molecule is Cc1cc(C(C)NCCCN(C)C(=O)OC(C)(C)C)c(C)s1. The number of carbonyl (C=O) groups is 1. The maximum absolute atomic E-state index is 11.8. The van der Waals surface area contributed by atoms with E-state index in [1.165, 1.54) is 15.3 Å². The van der Waals surface area contributed by atoms with Crippen LogP contribution in [-0.4, -0.2) is 36.7 Å². The Bertz CT molecular complexity index is 491. The molecule has 1 atom stereocenters. The highest BCUT2D eigenvalue weighted by Crippen LogP contribution is 2.25. The van der Waals surface area contributed by atoms with Crippen LogP contribution < -0.4 is 5.32 Å². The van der Waals surface area contributed by atoms with Crippen molar-refractivity contribution in [3.05, 3.63) is 21.4 Å². The van der Waals surface area contributed by atoms with Gasteiger partial charge in [-0.3, -0.25) is 0 Å². The molecule has 0 aliphatic carbocycles. The second-order valence-electron chi connectivity index (χ2n) is 6.80. The van der Waals surface area contributed by atoms with Gasteiger partial charge in [0.1, 0.15) is 5.60 Å². The lowest BCUT2D eigenvalue weighted by Gasteiger charge is -2.24. The van der Waals surface area contributed by atoms with E-state index in [0.29, 0.717) is 12.6 Å². The minimum atomic E-state index is -0.438. The van der Waals surface area contributed by atoms with Crippen LogP contribution in [0, 0.1) is 13.8 Å². The molecular weight excluding hydrogens is 296 g/mol. The van der Waals surface area contributed by atoms with Crippen LogP contribution in [-0.2, 0) is 4.74 Å². The molecule has 0 saturated heterocycles. The van der Waals surface area contributed by atoms with Gasteiger partial charge in [0.15, 0.2) is 0 Å². The van der Waals surface area contributed by atoms with Crippen LogP contribution >= 0.6 is 11.3 Å². The molecule has 0 aliphatic rings. The van der Waals surface area contributed by atoms with E-state index >= 15 is 0 Å². The highest BCUT2D eigenvalue weighted by molar-refractivity contribution is 7.12. The number of hydrogen-bond donors (Lipinski definition) is 1. The lowest BCUT2D eigenvalue weighted by molar-refractivity contribution is 0.0297. The van der Waals surface area contributed by atoms with E-state index in [1.807, 2.05) is 32.1 Å². The van der Waals surface area contributed by atoms with Crippen LogP contribution in [0.3, 0.4) is 0 Å². The average Bonchev–Trinajstić information content (AvgIpc) is 2.71. The van der Waals surface area contributed by atoms with E-state index < -0.39 is 5.60 Å². The maximum atomic E-state index is 11.8. The van der Waals surface area contributed by atoms with E-state index in [9.17, 15) is 4.79 Å². The molecule has 5 heteroatoms. The highest BCUT2D eigenvalue weighted by atomic mass is 32.1. The summed E-state index contributed by atoms with van der Waals surface area (Å²) in [6.45, 7) is 13.7. The molecular formula is C17H30N2O2S. The lowest BCUT2D eigenvalue weighted by Crippen LogP contribution is -2.35. The fraction of sp³-hybridized carbons (Fsp3) is 0.706. The molecule has 1 heterocycles. The number of nitrogens with one attached hydrogen (secondary N) is 1. The summed E-state index contributed by atoms with van der Waals surface area (Å²) < 4.78 is 5.33. The molecule has 0 spiro atoms. The molecule has 0 bridgehead atoms. The van der Waals surface area contributed by atoms with Gasteiger partial charge in [-0.25, -0.2) is 4.79 Å². The van der Waals surface area contributed by atoms with Crippen molar-refractivity contribution in [2.45, 2.75) is 59.6 Å². The summed E-state index contributed by atoms with van der Waals surface area (Å²) in [5.41, 5.74) is 0.940. The molecule has 1 unspecified atom stereocenters. The molecule has 1 aromatic heterocycles. The number of ether oxygens (including phenoxy) is 1. The maximum Gasteiger partial charge on any atom is 0.410 e. The van der Waals surface area contributed by atoms with Gasteiger partial charge in [0.05, 0.1) is 0 Å². The first-order valence-corrected chi connectivity index (χ1v) is 8.66. The van der Waals surface area contributed by atoms with E-state index in [1.54, 1.807) is 11.9 Å². The molecule has 1 N–H and O–H groups in total. The summed E-state index contributed by atoms with van der Waals surface area (Å²) in [5, 5.41) is 3.52. The molecule has 0 radical (unpaired) electrons. The Balaban J connectivity index is 2.30. The number of thiophene rings is 1. The number of amides is 1. The van der Waals surface area contributed by atoms with Gasteiger partial charge in [0.25, 0.3) is 0 Å². The summed E-state index contributed by atoms with van der Waals surface area (Å²) >= 11 is 1.84. The Morgan fingerprint density at radius 1 is 1.41 bits per heavy atom. The quantitative estimate of drug-likeness (QED) is 0.794. The summed E-state index contributed by atoms with van der Waals surface area (Å²) in [6.07, 6.45) is 0.646. The fourth-order valence-electron chi connectivity index (χ4n) is 2.26. The first-order chi connectivity index (χ1) is 10.1. The Morgan fingerprint density at radius 3 is 2.55 bits per heavy atom. The van der Waals surface area contributed by atoms with Gasteiger partial charge < -0.3 is 15.0 Å². The van der Waals surface area contributed by atoms with Crippen LogP contribution in [0.15, 0.2) is 6.07 Å². The van der Waals surface area contributed by atoms with Gasteiger partial charge in [0, 0.05) is 29.4 Å². The molecule has 1 rings (SSSR count). The van der Waals surface area contributed by atoms with Crippen molar-refractivity contribution in [2.24, 2.45) is 0 Å². The first kappa shape index (κ1) is 19.0. The molecule has 0 saturated carbocycles. The predicted octanol–water partition coefficient (Wildman–Crippen LogP) is 4.27. The van der Waals surface area contributed by atoms with Crippen molar-refractivity contribution in [3.63, 3.8) is 0 Å². The third-order valence-electron chi connectivity index (χ3n) is 3.37. The zero-order valence-corrected chi connectivity index (χ0v) is 15.8. The normalized spacial score (nSPS) is 13.0. The number of nitrogens with zero attached hydrogens (tertiary/aromatic N) is 1. The van der Waals surface area contributed by atoms with E-state index in [0.717, 1.165) is 13.0 Å². The molecule has 0 fully saturated rings. The van der Waals surface area contributed by atoms with Crippen molar-refractivity contribution in [1.29, 1.82) is 0 Å². The minimum Gasteiger partial charge on any atom is -0.444 e. The molecule has 126 valence electrons. The van der Waals surface area contributed by atoms with Crippen LogP contribution in [0.5, 0.6) is 0 Å². The first-order valence-electron chi connectivity index (χ1n) is 7.84. The van der Waals surface area contributed by atoms with Crippen LogP contribution in [0.4, 0.5) is 4.79 Å². The molecule has 1 amide bonds. The monoisotopic (exact) mass is 326 g/mol. The number of carbonyl (C=O) groups excluding carboxylic acids is 1. The van der Waals surface area contributed by atoms with E-state index in [-0.39, 0.29) is 6.09 Å². The topological polar surface area (TPSA) is 41.6 Å². The predicted molar refractivity (Wildman–Crippen MR) is 93.7 cm³/mol. The standard InChI is InChI=1S/C17H30N2O2S/c1-12-11-15(14(3)22-12)13(2)18-9-8-10-19(7)16(20)21-17(4,5)6/h11,13,18H,8-10H2,1-7H3. The van der Waals surface area contributed by atoms with Crippen LogP contribution in [0.1, 0.15) is 55.5 Å². The van der Waals surface area contributed by atoms with Gasteiger partial charge in [-0.05, 0) is 66.1 Å². The third-order valence-corrected chi connectivity index (χ3v) is 4.35. The lowest BCUT2D eigenvalue weighted by atomic mass is 10.1. The summed E-state index contributed by atoms with van der Waals surface area (Å²) in [6, 6.07) is 2.60. The van der Waals surface area contributed by atoms with Crippen molar-refractivity contribution in [2.75, 3.05) is 20.1 Å². The van der Waals surface area contributed by atoms with Gasteiger partial charge in [-0.15, -0.1) is 11.3 Å². The molecule has 22 heavy (non-hydrogen) atoms.